The number of aromatic nitrogens is 1. The van der Waals surface area contributed by atoms with Crippen LogP contribution in [0.15, 0.2) is 106 Å². The molecule has 0 spiro atoms. The number of carbonyl (C=O) groups is 1. The smallest absolute Gasteiger partial charge is 0.338 e. The number of thiazole rings is 1. The minimum atomic E-state index is -0.923. The van der Waals surface area contributed by atoms with Crippen molar-refractivity contribution in [1.29, 1.82) is 0 Å². The van der Waals surface area contributed by atoms with Gasteiger partial charge in [0.25, 0.3) is 5.56 Å². The third-order valence-corrected chi connectivity index (χ3v) is 8.91. The van der Waals surface area contributed by atoms with Crippen LogP contribution < -0.4 is 29.1 Å². The van der Waals surface area contributed by atoms with Crippen molar-refractivity contribution >= 4 is 40.7 Å². The molecule has 8 nitrogen and oxygen atoms in total. The van der Waals surface area contributed by atoms with E-state index in [1.54, 1.807) is 67.6 Å². The molecule has 0 bridgehead atoms. The summed E-state index contributed by atoms with van der Waals surface area (Å²) in [7, 11) is 3.05. The highest BCUT2D eigenvalue weighted by atomic mass is 35.5. The standard InChI is InChI=1S/C37H30ClFN2O6S/c1-4-46-36(43)32-33(22-10-6-5-7-11-22)40-37-41(34(32)23-14-16-29(44-2)30(19-23)45-3)35(42)31(48-37)20-25-18-26(38)15-17-28(25)47-21-24-12-8-9-13-27(24)39/h5-20,34H,4,21H2,1-3H3/b31-20-/t34-/m0/s1. The summed E-state index contributed by atoms with van der Waals surface area (Å²) in [6, 6.07) is 24.9. The van der Waals surface area contributed by atoms with Gasteiger partial charge in [0, 0.05) is 21.7 Å². The molecule has 48 heavy (non-hydrogen) atoms. The van der Waals surface area contributed by atoms with Crippen LogP contribution in [0, 0.1) is 5.82 Å². The molecule has 0 amide bonds. The molecule has 0 saturated carbocycles. The molecule has 6 rings (SSSR count). The predicted molar refractivity (Wildman–Crippen MR) is 183 cm³/mol. The SMILES string of the molecule is CCOC(=O)C1=C(c2ccccc2)N=c2s/c(=C\c3cc(Cl)ccc3OCc3ccccc3F)c(=O)n2[C@H]1c1ccc(OC)c(OC)c1. The molecule has 1 aromatic heterocycles. The van der Waals surface area contributed by atoms with Gasteiger partial charge in [0.1, 0.15) is 18.2 Å². The van der Waals surface area contributed by atoms with Gasteiger partial charge < -0.3 is 18.9 Å². The largest absolute Gasteiger partial charge is 0.493 e. The molecule has 0 unspecified atom stereocenters. The number of halogens is 2. The monoisotopic (exact) mass is 684 g/mol. The minimum absolute atomic E-state index is 0.0287. The normalized spacial score (nSPS) is 14.3. The molecule has 2 heterocycles. The third-order valence-electron chi connectivity index (χ3n) is 7.70. The Labute approximate surface area is 284 Å². The van der Waals surface area contributed by atoms with Gasteiger partial charge in [-0.15, -0.1) is 0 Å². The van der Waals surface area contributed by atoms with E-state index in [1.807, 2.05) is 30.3 Å². The first-order chi connectivity index (χ1) is 23.3. The molecule has 5 aromatic rings. The van der Waals surface area contributed by atoms with Crippen LogP contribution >= 0.6 is 22.9 Å². The average Bonchev–Trinajstić information content (AvgIpc) is 3.41. The molecule has 1 aliphatic heterocycles. The van der Waals surface area contributed by atoms with E-state index in [1.165, 1.54) is 24.9 Å². The summed E-state index contributed by atoms with van der Waals surface area (Å²) in [5.74, 6) is 0.328. The number of fused-ring (bicyclic) bond motifs is 1. The van der Waals surface area contributed by atoms with Crippen molar-refractivity contribution in [2.75, 3.05) is 20.8 Å². The second kappa shape index (κ2) is 14.3. The second-order valence-corrected chi connectivity index (χ2v) is 12.1. The number of methoxy groups -OCH3 is 2. The van der Waals surface area contributed by atoms with Crippen LogP contribution in [0.2, 0.25) is 5.02 Å². The molecule has 0 saturated heterocycles. The summed E-state index contributed by atoms with van der Waals surface area (Å²) in [6.45, 7) is 1.81. The average molecular weight is 685 g/mol. The van der Waals surface area contributed by atoms with Gasteiger partial charge in [-0.25, -0.2) is 14.2 Å². The van der Waals surface area contributed by atoms with Gasteiger partial charge in [0.05, 0.1) is 42.7 Å². The number of rotatable bonds is 10. The van der Waals surface area contributed by atoms with Crippen molar-refractivity contribution in [3.8, 4) is 17.2 Å². The number of nitrogens with zero attached hydrogens (tertiary/aromatic N) is 2. The van der Waals surface area contributed by atoms with E-state index >= 15 is 0 Å². The first kappa shape index (κ1) is 32.7. The summed E-state index contributed by atoms with van der Waals surface area (Å²) >= 11 is 7.54. The van der Waals surface area contributed by atoms with Crippen molar-refractivity contribution in [3.05, 3.63) is 149 Å². The van der Waals surface area contributed by atoms with E-state index in [0.29, 0.717) is 59.6 Å². The fourth-order valence-electron chi connectivity index (χ4n) is 5.45. The predicted octanol–water partition coefficient (Wildman–Crippen LogP) is 6.32. The van der Waals surface area contributed by atoms with Crippen LogP contribution in [-0.2, 0) is 16.1 Å². The minimum Gasteiger partial charge on any atom is -0.493 e. The summed E-state index contributed by atoms with van der Waals surface area (Å²) in [4.78, 5) is 33.4. The Morgan fingerprint density at radius 1 is 0.958 bits per heavy atom. The van der Waals surface area contributed by atoms with Crippen molar-refractivity contribution in [2.45, 2.75) is 19.6 Å². The molecular formula is C37H30ClFN2O6S. The van der Waals surface area contributed by atoms with E-state index in [4.69, 9.17) is 35.5 Å². The molecule has 11 heteroatoms. The zero-order valence-electron chi connectivity index (χ0n) is 26.2. The van der Waals surface area contributed by atoms with E-state index in [2.05, 4.69) is 0 Å². The lowest BCUT2D eigenvalue weighted by atomic mass is 9.93. The van der Waals surface area contributed by atoms with Crippen molar-refractivity contribution < 1.29 is 28.1 Å². The third kappa shape index (κ3) is 6.49. The van der Waals surface area contributed by atoms with E-state index in [-0.39, 0.29) is 24.6 Å². The van der Waals surface area contributed by atoms with Gasteiger partial charge in [-0.2, -0.15) is 0 Å². The summed E-state index contributed by atoms with van der Waals surface area (Å²) in [5, 5.41) is 0.423. The highest BCUT2D eigenvalue weighted by Gasteiger charge is 2.35. The van der Waals surface area contributed by atoms with Crippen LogP contribution in [-0.4, -0.2) is 31.4 Å². The van der Waals surface area contributed by atoms with Gasteiger partial charge in [0.15, 0.2) is 16.3 Å². The fraction of sp³-hybridized carbons (Fsp3) is 0.162. The second-order valence-electron chi connectivity index (χ2n) is 10.6. The molecule has 0 radical (unpaired) electrons. The number of ether oxygens (including phenoxy) is 4. The van der Waals surface area contributed by atoms with Gasteiger partial charge in [-0.3, -0.25) is 9.36 Å². The van der Waals surface area contributed by atoms with Crippen LogP contribution in [0.4, 0.5) is 4.39 Å². The van der Waals surface area contributed by atoms with Crippen LogP contribution in [0.25, 0.3) is 11.8 Å². The number of hydrogen-bond acceptors (Lipinski definition) is 8. The Morgan fingerprint density at radius 3 is 2.42 bits per heavy atom. The Bertz CT molecular complexity index is 2210. The Morgan fingerprint density at radius 2 is 1.69 bits per heavy atom. The lowest BCUT2D eigenvalue weighted by Gasteiger charge is -2.26. The van der Waals surface area contributed by atoms with Crippen LogP contribution in [0.3, 0.4) is 0 Å². The summed E-state index contributed by atoms with van der Waals surface area (Å²) in [6.07, 6.45) is 1.66. The molecule has 0 fully saturated rings. The summed E-state index contributed by atoms with van der Waals surface area (Å²) in [5.41, 5.74) is 2.36. The number of esters is 1. The molecule has 1 atom stereocenters. The number of benzene rings is 4. The highest BCUT2D eigenvalue weighted by Crippen LogP contribution is 2.38. The molecule has 244 valence electrons. The molecule has 4 aromatic carbocycles. The lowest BCUT2D eigenvalue weighted by molar-refractivity contribution is -0.138. The maximum atomic E-state index is 14.4. The Balaban J connectivity index is 1.57. The highest BCUT2D eigenvalue weighted by molar-refractivity contribution is 7.07. The van der Waals surface area contributed by atoms with E-state index in [9.17, 15) is 14.0 Å². The molecule has 0 N–H and O–H groups in total. The first-order valence-electron chi connectivity index (χ1n) is 15.0. The van der Waals surface area contributed by atoms with Crippen LogP contribution in [0.1, 0.15) is 35.2 Å². The van der Waals surface area contributed by atoms with Gasteiger partial charge in [-0.1, -0.05) is 77.5 Å². The Hall–Kier alpha value is -5.19. The van der Waals surface area contributed by atoms with Crippen molar-refractivity contribution in [1.82, 2.24) is 4.57 Å². The maximum absolute atomic E-state index is 14.4. The van der Waals surface area contributed by atoms with E-state index < -0.39 is 17.6 Å². The van der Waals surface area contributed by atoms with E-state index in [0.717, 1.165) is 11.3 Å². The quantitative estimate of drug-likeness (QED) is 0.160. The lowest BCUT2D eigenvalue weighted by Crippen LogP contribution is -2.40. The van der Waals surface area contributed by atoms with Crippen LogP contribution in [0.5, 0.6) is 17.2 Å². The fourth-order valence-corrected chi connectivity index (χ4v) is 6.63. The number of hydrogen-bond donors (Lipinski definition) is 0. The molecule has 1 aliphatic rings. The maximum Gasteiger partial charge on any atom is 0.338 e. The van der Waals surface area contributed by atoms with Gasteiger partial charge >= 0.3 is 5.97 Å². The van der Waals surface area contributed by atoms with Gasteiger partial charge in [0.2, 0.25) is 0 Å². The summed E-state index contributed by atoms with van der Waals surface area (Å²) < 4.78 is 38.7. The first-order valence-corrected chi connectivity index (χ1v) is 16.2. The molecular weight excluding hydrogens is 655 g/mol. The van der Waals surface area contributed by atoms with Crippen molar-refractivity contribution in [3.63, 3.8) is 0 Å². The molecule has 0 aliphatic carbocycles. The van der Waals surface area contributed by atoms with Crippen molar-refractivity contribution in [2.24, 2.45) is 4.99 Å². The topological polar surface area (TPSA) is 88.4 Å². The zero-order valence-corrected chi connectivity index (χ0v) is 27.8. The van der Waals surface area contributed by atoms with Gasteiger partial charge in [-0.05, 0) is 55.0 Å². The zero-order chi connectivity index (χ0) is 33.8. The number of carbonyl (C=O) groups excluding carboxylic acids is 1. The Kier molecular flexibility index (Phi) is 9.75.